The molecule has 3 aliphatic rings. The molecule has 182 valence electrons. The molecule has 2 amide bonds. The van der Waals surface area contributed by atoms with E-state index in [1.54, 1.807) is 7.11 Å². The van der Waals surface area contributed by atoms with Crippen molar-refractivity contribution in [2.24, 2.45) is 0 Å². The largest absolute Gasteiger partial charge is 0.383 e. The lowest BCUT2D eigenvalue weighted by molar-refractivity contribution is -0.133. The lowest BCUT2D eigenvalue weighted by Gasteiger charge is -2.37. The van der Waals surface area contributed by atoms with Crippen LogP contribution in [0.5, 0.6) is 0 Å². The Morgan fingerprint density at radius 1 is 1.24 bits per heavy atom. The number of rotatable bonds is 9. The van der Waals surface area contributed by atoms with E-state index in [0.717, 1.165) is 45.3 Å². The van der Waals surface area contributed by atoms with E-state index in [9.17, 15) is 9.59 Å². The molecule has 2 N–H and O–H groups in total. The summed E-state index contributed by atoms with van der Waals surface area (Å²) in [5.41, 5.74) is 2.43. The van der Waals surface area contributed by atoms with Crippen LogP contribution < -0.4 is 15.5 Å². The molecule has 0 radical (unpaired) electrons. The van der Waals surface area contributed by atoms with Crippen LogP contribution in [0, 0.1) is 0 Å². The quantitative estimate of drug-likeness (QED) is 0.580. The van der Waals surface area contributed by atoms with E-state index >= 15 is 0 Å². The Labute approximate surface area is 197 Å². The molecular weight excluding hydrogens is 418 g/mol. The predicted octanol–water partition coefficient (Wildman–Crippen LogP) is 1.20. The van der Waals surface area contributed by atoms with Gasteiger partial charge >= 0.3 is 0 Å². The Balaban J connectivity index is 1.29. The number of nitrogens with zero attached hydrogens (tertiary/aromatic N) is 3. The van der Waals surface area contributed by atoms with Gasteiger partial charge in [0, 0.05) is 71.6 Å². The number of carbonyl (C=O) groups is 2. The van der Waals surface area contributed by atoms with Gasteiger partial charge in [-0.2, -0.15) is 0 Å². The zero-order chi connectivity index (χ0) is 23.4. The molecule has 4 unspecified atom stereocenters. The first-order chi connectivity index (χ1) is 16.0. The van der Waals surface area contributed by atoms with E-state index in [1.807, 2.05) is 19.0 Å². The van der Waals surface area contributed by atoms with Crippen molar-refractivity contribution in [3.05, 3.63) is 29.8 Å². The number of ether oxygens (including phenoxy) is 1. The molecule has 0 spiro atoms. The fraction of sp³-hybridized carbons (Fsp3) is 0.680. The number of benzene rings is 1. The summed E-state index contributed by atoms with van der Waals surface area (Å²) in [6, 6.07) is 9.18. The highest BCUT2D eigenvalue weighted by atomic mass is 16.5. The van der Waals surface area contributed by atoms with Crippen LogP contribution in [-0.4, -0.2) is 93.2 Å². The fourth-order valence-corrected chi connectivity index (χ4v) is 5.53. The first-order valence-electron chi connectivity index (χ1n) is 12.3. The second kappa shape index (κ2) is 10.8. The van der Waals surface area contributed by atoms with Gasteiger partial charge in [0.05, 0.1) is 18.7 Å². The van der Waals surface area contributed by atoms with Crippen LogP contribution in [0.1, 0.15) is 37.7 Å². The maximum atomic E-state index is 12.9. The van der Waals surface area contributed by atoms with Crippen molar-refractivity contribution in [3.8, 4) is 0 Å². The number of amides is 2. The van der Waals surface area contributed by atoms with E-state index in [-0.39, 0.29) is 36.0 Å². The summed E-state index contributed by atoms with van der Waals surface area (Å²) in [7, 11) is 5.78. The summed E-state index contributed by atoms with van der Waals surface area (Å²) in [6.07, 6.45) is 4.20. The summed E-state index contributed by atoms with van der Waals surface area (Å²) < 4.78 is 5.29. The highest BCUT2D eigenvalue weighted by Gasteiger charge is 2.43. The zero-order valence-corrected chi connectivity index (χ0v) is 20.3. The highest BCUT2D eigenvalue weighted by Crippen LogP contribution is 2.27. The van der Waals surface area contributed by atoms with Crippen molar-refractivity contribution in [2.75, 3.05) is 52.3 Å². The van der Waals surface area contributed by atoms with Gasteiger partial charge in [-0.3, -0.25) is 14.5 Å². The number of likely N-dealkylation sites (tertiary alicyclic amines) is 1. The standard InChI is InChI=1S/C25H39N5O3/c1-28(2)20-8-6-18(7-9-20)14-26-19-13-23-25(32)27-15-21(30(23)16-19)10-11-24(31)29-12-4-5-22(29)17-33-3/h6-9,19,21-23,26H,4-5,10-17H2,1-3H3,(H,27,32). The molecule has 4 atom stereocenters. The predicted molar refractivity (Wildman–Crippen MR) is 129 cm³/mol. The molecule has 3 aliphatic heterocycles. The maximum absolute atomic E-state index is 12.9. The maximum Gasteiger partial charge on any atom is 0.237 e. The van der Waals surface area contributed by atoms with Crippen LogP contribution in [0.15, 0.2) is 24.3 Å². The number of methoxy groups -OCH3 is 1. The topological polar surface area (TPSA) is 77.1 Å². The summed E-state index contributed by atoms with van der Waals surface area (Å²) in [6.45, 7) is 3.72. The van der Waals surface area contributed by atoms with Crippen molar-refractivity contribution in [1.29, 1.82) is 0 Å². The molecule has 33 heavy (non-hydrogen) atoms. The molecule has 0 aromatic heterocycles. The van der Waals surface area contributed by atoms with Gasteiger partial charge in [0.15, 0.2) is 0 Å². The minimum atomic E-state index is -0.0968. The summed E-state index contributed by atoms with van der Waals surface area (Å²) in [4.78, 5) is 31.8. The average molecular weight is 458 g/mol. The number of hydrogen-bond donors (Lipinski definition) is 2. The first kappa shape index (κ1) is 24.0. The molecule has 4 rings (SSSR count). The van der Waals surface area contributed by atoms with Crippen LogP contribution in [0.2, 0.25) is 0 Å². The minimum Gasteiger partial charge on any atom is -0.383 e. The van der Waals surface area contributed by atoms with E-state index in [2.05, 4.69) is 44.7 Å². The van der Waals surface area contributed by atoms with E-state index in [1.165, 1.54) is 11.3 Å². The fourth-order valence-electron chi connectivity index (χ4n) is 5.53. The summed E-state index contributed by atoms with van der Waals surface area (Å²) in [5.74, 6) is 0.343. The SMILES string of the molecule is COCC1CCCN1C(=O)CCC1CNC(=O)C2CC(NCc3ccc(N(C)C)cc3)CN12. The number of hydrogen-bond acceptors (Lipinski definition) is 6. The van der Waals surface area contributed by atoms with Gasteiger partial charge in [0.1, 0.15) is 0 Å². The molecular formula is C25H39N5O3. The van der Waals surface area contributed by atoms with E-state index in [0.29, 0.717) is 19.6 Å². The Morgan fingerprint density at radius 3 is 2.76 bits per heavy atom. The van der Waals surface area contributed by atoms with Crippen LogP contribution in [0.25, 0.3) is 0 Å². The zero-order valence-electron chi connectivity index (χ0n) is 20.3. The van der Waals surface area contributed by atoms with Crippen molar-refractivity contribution in [3.63, 3.8) is 0 Å². The second-order valence-corrected chi connectivity index (χ2v) is 9.86. The number of fused-ring (bicyclic) bond motifs is 1. The van der Waals surface area contributed by atoms with Crippen LogP contribution >= 0.6 is 0 Å². The lowest BCUT2D eigenvalue weighted by Crippen LogP contribution is -2.58. The normalized spacial score (nSPS) is 27.5. The third kappa shape index (κ3) is 5.67. The third-order valence-corrected chi connectivity index (χ3v) is 7.42. The Morgan fingerprint density at radius 2 is 2.03 bits per heavy atom. The van der Waals surface area contributed by atoms with Gasteiger partial charge in [-0.1, -0.05) is 12.1 Å². The van der Waals surface area contributed by atoms with Gasteiger partial charge in [-0.05, 0) is 43.4 Å². The van der Waals surface area contributed by atoms with Crippen molar-refractivity contribution < 1.29 is 14.3 Å². The molecule has 3 fully saturated rings. The van der Waals surface area contributed by atoms with Gasteiger partial charge in [-0.15, -0.1) is 0 Å². The summed E-state index contributed by atoms with van der Waals surface area (Å²) in [5, 5.41) is 6.73. The van der Waals surface area contributed by atoms with Gasteiger partial charge < -0.3 is 25.2 Å². The van der Waals surface area contributed by atoms with Gasteiger partial charge in [0.25, 0.3) is 0 Å². The van der Waals surface area contributed by atoms with Crippen molar-refractivity contribution in [1.82, 2.24) is 20.4 Å². The van der Waals surface area contributed by atoms with Crippen LogP contribution in [-0.2, 0) is 20.9 Å². The van der Waals surface area contributed by atoms with Gasteiger partial charge in [0.2, 0.25) is 11.8 Å². The van der Waals surface area contributed by atoms with Gasteiger partial charge in [-0.25, -0.2) is 0 Å². The smallest absolute Gasteiger partial charge is 0.237 e. The molecule has 0 aliphatic carbocycles. The molecule has 8 nitrogen and oxygen atoms in total. The first-order valence-corrected chi connectivity index (χ1v) is 12.3. The molecule has 3 heterocycles. The molecule has 1 aromatic rings. The Bertz CT molecular complexity index is 815. The van der Waals surface area contributed by atoms with Crippen molar-refractivity contribution >= 4 is 17.5 Å². The van der Waals surface area contributed by atoms with Crippen LogP contribution in [0.4, 0.5) is 5.69 Å². The second-order valence-electron chi connectivity index (χ2n) is 9.86. The highest BCUT2D eigenvalue weighted by molar-refractivity contribution is 5.83. The Kier molecular flexibility index (Phi) is 7.88. The molecule has 1 aromatic carbocycles. The number of carbonyl (C=O) groups excluding carboxylic acids is 2. The Hall–Kier alpha value is -2.16. The summed E-state index contributed by atoms with van der Waals surface area (Å²) >= 11 is 0. The minimum absolute atomic E-state index is 0.0968. The third-order valence-electron chi connectivity index (χ3n) is 7.42. The lowest BCUT2D eigenvalue weighted by atomic mass is 10.0. The average Bonchev–Trinajstić information content (AvgIpc) is 3.45. The molecule has 0 saturated carbocycles. The number of piperazine rings is 1. The van der Waals surface area contributed by atoms with E-state index in [4.69, 9.17) is 4.74 Å². The molecule has 3 saturated heterocycles. The van der Waals surface area contributed by atoms with E-state index < -0.39 is 0 Å². The molecule has 8 heteroatoms. The van der Waals surface area contributed by atoms with Crippen LogP contribution in [0.3, 0.4) is 0 Å². The monoisotopic (exact) mass is 457 g/mol. The van der Waals surface area contributed by atoms with Crippen molar-refractivity contribution in [2.45, 2.75) is 62.8 Å². The number of nitrogens with one attached hydrogen (secondary N) is 2. The number of anilines is 1. The molecule has 0 bridgehead atoms.